The number of carbonyl (C=O) groups is 1. The van der Waals surface area contributed by atoms with Crippen LogP contribution in [0.5, 0.6) is 0 Å². The van der Waals surface area contributed by atoms with Gasteiger partial charge in [0.05, 0.1) is 11.8 Å². The molecule has 4 aromatic rings. The van der Waals surface area contributed by atoms with Crippen molar-refractivity contribution in [2.24, 2.45) is 5.73 Å². The molecule has 150 valence electrons. The van der Waals surface area contributed by atoms with Crippen molar-refractivity contribution in [1.82, 2.24) is 4.98 Å². The maximum Gasteiger partial charge on any atom is 0.285 e. The van der Waals surface area contributed by atoms with Gasteiger partial charge in [-0.15, -0.1) is 0 Å². The number of hydrogen-bond acceptors (Lipinski definition) is 4. The third kappa shape index (κ3) is 3.22. The Kier molecular flexibility index (Phi) is 4.51. The number of nitrogens with zero attached hydrogens (tertiary/aromatic N) is 2. The zero-order chi connectivity index (χ0) is 20.7. The van der Waals surface area contributed by atoms with Crippen molar-refractivity contribution < 1.29 is 9.21 Å². The highest BCUT2D eigenvalue weighted by Gasteiger charge is 2.25. The lowest BCUT2D eigenvalue weighted by atomic mass is 9.99. The van der Waals surface area contributed by atoms with Crippen LogP contribution in [0.2, 0.25) is 0 Å². The Bertz CT molecular complexity index is 1230. The van der Waals surface area contributed by atoms with Crippen LogP contribution in [0.4, 0.5) is 5.69 Å². The van der Waals surface area contributed by atoms with E-state index >= 15 is 0 Å². The molecule has 2 aromatic carbocycles. The van der Waals surface area contributed by atoms with Gasteiger partial charge in [-0.1, -0.05) is 36.4 Å². The van der Waals surface area contributed by atoms with Gasteiger partial charge in [0.2, 0.25) is 0 Å². The molecule has 0 spiro atoms. The molecule has 5 heteroatoms. The number of carbonyl (C=O) groups excluding carboxylic acids is 1. The normalized spacial score (nSPS) is 16.3. The van der Waals surface area contributed by atoms with Gasteiger partial charge in [-0.05, 0) is 48.7 Å². The van der Waals surface area contributed by atoms with Crippen LogP contribution in [0.3, 0.4) is 0 Å². The third-order valence-electron chi connectivity index (χ3n) is 5.91. The number of fused-ring (bicyclic) bond motifs is 1. The number of benzene rings is 2. The van der Waals surface area contributed by atoms with Gasteiger partial charge in [-0.2, -0.15) is 0 Å². The van der Waals surface area contributed by atoms with E-state index in [0.717, 1.165) is 41.7 Å². The van der Waals surface area contributed by atoms with Gasteiger partial charge >= 0.3 is 0 Å². The largest absolute Gasteiger partial charge is 0.459 e. The molecule has 5 rings (SSSR count). The highest BCUT2D eigenvalue weighted by Crippen LogP contribution is 2.37. The smallest absolute Gasteiger partial charge is 0.285 e. The van der Waals surface area contributed by atoms with E-state index in [2.05, 4.69) is 47.4 Å². The molecular weight excluding hydrogens is 374 g/mol. The second-order valence-corrected chi connectivity index (χ2v) is 7.88. The Morgan fingerprint density at radius 2 is 1.97 bits per heavy atom. The van der Waals surface area contributed by atoms with Crippen molar-refractivity contribution in [2.75, 3.05) is 18.0 Å². The van der Waals surface area contributed by atoms with E-state index in [4.69, 9.17) is 15.1 Å². The van der Waals surface area contributed by atoms with Crippen LogP contribution in [0, 0.1) is 6.92 Å². The topological polar surface area (TPSA) is 72.4 Å². The summed E-state index contributed by atoms with van der Waals surface area (Å²) in [5.74, 6) is 0.136. The number of primary amides is 1. The van der Waals surface area contributed by atoms with Gasteiger partial charge < -0.3 is 15.1 Å². The van der Waals surface area contributed by atoms with E-state index in [-0.39, 0.29) is 5.76 Å². The summed E-state index contributed by atoms with van der Waals surface area (Å²) < 4.78 is 5.30. The van der Waals surface area contributed by atoms with E-state index in [1.807, 2.05) is 19.1 Å². The predicted molar refractivity (Wildman–Crippen MR) is 119 cm³/mol. The molecule has 1 aliphatic heterocycles. The number of nitrogens with two attached hydrogens (primary N) is 1. The molecule has 1 amide bonds. The summed E-state index contributed by atoms with van der Waals surface area (Å²) in [6, 6.07) is 20.7. The van der Waals surface area contributed by atoms with Gasteiger partial charge in [-0.25, -0.2) is 0 Å². The Morgan fingerprint density at radius 3 is 2.77 bits per heavy atom. The SMILES string of the molecule is Cc1cc(N2CCC(c3ccccc3)C2)c2cc(-c3ccoc3C(N)=O)ccc2n1. The summed E-state index contributed by atoms with van der Waals surface area (Å²) in [5, 5.41) is 1.07. The molecular formula is C25H23N3O2. The van der Waals surface area contributed by atoms with Crippen molar-refractivity contribution >= 4 is 22.5 Å². The van der Waals surface area contributed by atoms with Gasteiger partial charge in [0.25, 0.3) is 5.91 Å². The number of hydrogen-bond donors (Lipinski definition) is 1. The van der Waals surface area contributed by atoms with Gasteiger partial charge in [0.1, 0.15) is 0 Å². The maximum absolute atomic E-state index is 11.7. The first-order valence-corrected chi connectivity index (χ1v) is 10.2. The number of furan rings is 1. The van der Waals surface area contributed by atoms with Crippen LogP contribution in [0.25, 0.3) is 22.0 Å². The average molecular weight is 397 g/mol. The fraction of sp³-hybridized carbons (Fsp3) is 0.200. The van der Waals surface area contributed by atoms with Crippen molar-refractivity contribution in [1.29, 1.82) is 0 Å². The first kappa shape index (κ1) is 18.4. The molecule has 30 heavy (non-hydrogen) atoms. The molecule has 1 saturated heterocycles. The zero-order valence-corrected chi connectivity index (χ0v) is 16.8. The fourth-order valence-corrected chi connectivity index (χ4v) is 4.47. The standard InChI is InChI=1S/C25H23N3O2/c1-16-13-23(28-11-9-19(15-28)17-5-3-2-4-6-17)21-14-18(7-8-22(21)27-16)20-10-12-30-24(20)25(26)29/h2-8,10,12-14,19H,9,11,15H2,1H3,(H2,26,29). The lowest BCUT2D eigenvalue weighted by Gasteiger charge is -2.22. The van der Waals surface area contributed by atoms with Gasteiger partial charge in [-0.3, -0.25) is 9.78 Å². The summed E-state index contributed by atoms with van der Waals surface area (Å²) in [5.41, 5.74) is 11.6. The Hall–Kier alpha value is -3.60. The Labute approximate surface area is 175 Å². The number of rotatable bonds is 4. The number of aryl methyl sites for hydroxylation is 1. The molecule has 1 atom stereocenters. The van der Waals surface area contributed by atoms with Crippen LogP contribution < -0.4 is 10.6 Å². The van der Waals surface area contributed by atoms with Crippen molar-refractivity contribution in [3.05, 3.63) is 83.9 Å². The van der Waals surface area contributed by atoms with Crippen molar-refractivity contribution in [3.63, 3.8) is 0 Å². The Morgan fingerprint density at radius 1 is 1.13 bits per heavy atom. The quantitative estimate of drug-likeness (QED) is 0.532. The monoisotopic (exact) mass is 397 g/mol. The lowest BCUT2D eigenvalue weighted by Crippen LogP contribution is -2.20. The third-order valence-corrected chi connectivity index (χ3v) is 5.91. The number of anilines is 1. The molecule has 0 saturated carbocycles. The number of pyridine rings is 1. The van der Waals surface area contributed by atoms with Crippen molar-refractivity contribution in [3.8, 4) is 11.1 Å². The molecule has 0 aliphatic carbocycles. The van der Waals surface area contributed by atoms with E-state index in [0.29, 0.717) is 11.5 Å². The minimum absolute atomic E-state index is 0.182. The van der Waals surface area contributed by atoms with Crippen LogP contribution in [0.1, 0.15) is 34.2 Å². The van der Waals surface area contributed by atoms with Crippen LogP contribution in [0.15, 0.2) is 71.3 Å². The summed E-state index contributed by atoms with van der Waals surface area (Å²) in [7, 11) is 0. The molecule has 2 aromatic heterocycles. The fourth-order valence-electron chi connectivity index (χ4n) is 4.47. The van der Waals surface area contributed by atoms with Gasteiger partial charge in [0, 0.05) is 41.3 Å². The molecule has 0 radical (unpaired) electrons. The minimum atomic E-state index is -0.567. The highest BCUT2D eigenvalue weighted by atomic mass is 16.3. The second kappa shape index (κ2) is 7.34. The summed E-state index contributed by atoms with van der Waals surface area (Å²) >= 11 is 0. The molecule has 5 nitrogen and oxygen atoms in total. The highest BCUT2D eigenvalue weighted by molar-refractivity contribution is 6.00. The lowest BCUT2D eigenvalue weighted by molar-refractivity contribution is 0.0975. The van der Waals surface area contributed by atoms with E-state index in [9.17, 15) is 4.79 Å². The molecule has 0 bridgehead atoms. The van der Waals surface area contributed by atoms with E-state index in [1.165, 1.54) is 17.5 Å². The van der Waals surface area contributed by atoms with Crippen LogP contribution in [-0.2, 0) is 0 Å². The first-order valence-electron chi connectivity index (χ1n) is 10.2. The number of amides is 1. The van der Waals surface area contributed by atoms with Crippen molar-refractivity contribution in [2.45, 2.75) is 19.3 Å². The second-order valence-electron chi connectivity index (χ2n) is 7.88. The molecule has 3 heterocycles. The van der Waals surface area contributed by atoms with E-state index < -0.39 is 5.91 Å². The minimum Gasteiger partial charge on any atom is -0.459 e. The Balaban J connectivity index is 1.56. The van der Waals surface area contributed by atoms with Crippen LogP contribution >= 0.6 is 0 Å². The van der Waals surface area contributed by atoms with Crippen LogP contribution in [-0.4, -0.2) is 24.0 Å². The summed E-state index contributed by atoms with van der Waals surface area (Å²) in [6.07, 6.45) is 2.62. The molecule has 1 fully saturated rings. The maximum atomic E-state index is 11.7. The van der Waals surface area contributed by atoms with E-state index in [1.54, 1.807) is 6.07 Å². The average Bonchev–Trinajstić information content (AvgIpc) is 3.43. The zero-order valence-electron chi connectivity index (χ0n) is 16.8. The van der Waals surface area contributed by atoms with Gasteiger partial charge in [0.15, 0.2) is 5.76 Å². The predicted octanol–water partition coefficient (Wildman–Crippen LogP) is 4.90. The first-order chi connectivity index (χ1) is 14.6. The summed E-state index contributed by atoms with van der Waals surface area (Å²) in [4.78, 5) is 18.9. The molecule has 2 N–H and O–H groups in total. The summed E-state index contributed by atoms with van der Waals surface area (Å²) in [6.45, 7) is 4.01. The molecule has 1 unspecified atom stereocenters. The number of aromatic nitrogens is 1. The molecule has 1 aliphatic rings.